The molecule has 0 bridgehead atoms. The summed E-state index contributed by atoms with van der Waals surface area (Å²) in [7, 11) is 0. The van der Waals surface area contributed by atoms with Crippen molar-refractivity contribution in [2.45, 2.75) is 19.8 Å². The molecular formula is C11H13ClF2. The normalized spacial score (nSPS) is 12.9. The van der Waals surface area contributed by atoms with Crippen LogP contribution in [-0.2, 0) is 6.42 Å². The zero-order chi connectivity index (χ0) is 10.6. The van der Waals surface area contributed by atoms with Gasteiger partial charge in [0.2, 0.25) is 0 Å². The lowest BCUT2D eigenvalue weighted by molar-refractivity contribution is 0.490. The molecule has 0 aliphatic rings. The molecule has 78 valence electrons. The van der Waals surface area contributed by atoms with Gasteiger partial charge in [0.15, 0.2) is 11.6 Å². The van der Waals surface area contributed by atoms with E-state index >= 15 is 0 Å². The first kappa shape index (κ1) is 11.4. The molecule has 0 N–H and O–H groups in total. The van der Waals surface area contributed by atoms with E-state index in [0.717, 1.165) is 12.5 Å². The molecule has 1 unspecified atom stereocenters. The van der Waals surface area contributed by atoms with Gasteiger partial charge in [0.1, 0.15) is 0 Å². The standard InChI is InChI=1S/C11H13ClF2/c1-8(7-12)5-6-9-3-2-4-10(13)11(9)14/h2-4,8H,5-7H2,1H3. The van der Waals surface area contributed by atoms with Gasteiger partial charge in [-0.3, -0.25) is 0 Å². The van der Waals surface area contributed by atoms with Crippen LogP contribution in [0.4, 0.5) is 8.78 Å². The lowest BCUT2D eigenvalue weighted by Crippen LogP contribution is -2.01. The van der Waals surface area contributed by atoms with Crippen LogP contribution in [0, 0.1) is 17.6 Å². The third-order valence-electron chi connectivity index (χ3n) is 2.20. The molecule has 0 saturated heterocycles. The zero-order valence-corrected chi connectivity index (χ0v) is 8.82. The Morgan fingerprint density at radius 3 is 2.71 bits per heavy atom. The van der Waals surface area contributed by atoms with E-state index < -0.39 is 11.6 Å². The fourth-order valence-electron chi connectivity index (χ4n) is 1.22. The number of rotatable bonds is 4. The molecule has 0 spiro atoms. The Kier molecular flexibility index (Phi) is 4.33. The second kappa shape index (κ2) is 5.30. The Hall–Kier alpha value is -0.630. The molecule has 0 nitrogen and oxygen atoms in total. The fraction of sp³-hybridized carbons (Fsp3) is 0.455. The summed E-state index contributed by atoms with van der Waals surface area (Å²) in [5.74, 6) is -0.619. The zero-order valence-electron chi connectivity index (χ0n) is 8.06. The molecule has 1 aromatic carbocycles. The number of hydrogen-bond acceptors (Lipinski definition) is 0. The van der Waals surface area contributed by atoms with Gasteiger partial charge < -0.3 is 0 Å². The van der Waals surface area contributed by atoms with Crippen molar-refractivity contribution in [1.82, 2.24) is 0 Å². The summed E-state index contributed by atoms with van der Waals surface area (Å²) in [6.07, 6.45) is 1.32. The van der Waals surface area contributed by atoms with E-state index in [1.165, 1.54) is 6.07 Å². The summed E-state index contributed by atoms with van der Waals surface area (Å²) in [5.41, 5.74) is 0.432. The van der Waals surface area contributed by atoms with Crippen molar-refractivity contribution in [2.24, 2.45) is 5.92 Å². The fourth-order valence-corrected chi connectivity index (χ4v) is 1.37. The number of benzene rings is 1. The van der Waals surface area contributed by atoms with Crippen molar-refractivity contribution in [2.75, 3.05) is 5.88 Å². The van der Waals surface area contributed by atoms with Crippen LogP contribution < -0.4 is 0 Å². The molecule has 1 atom stereocenters. The first-order chi connectivity index (χ1) is 6.65. The van der Waals surface area contributed by atoms with Gasteiger partial charge in [-0.05, 0) is 30.4 Å². The molecule has 0 radical (unpaired) electrons. The predicted molar refractivity (Wildman–Crippen MR) is 54.6 cm³/mol. The maximum atomic E-state index is 13.1. The van der Waals surface area contributed by atoms with Crippen LogP contribution in [0.2, 0.25) is 0 Å². The van der Waals surface area contributed by atoms with E-state index in [0.29, 0.717) is 23.8 Å². The van der Waals surface area contributed by atoms with Gasteiger partial charge in [0, 0.05) is 5.88 Å². The Balaban J connectivity index is 2.63. The van der Waals surface area contributed by atoms with Gasteiger partial charge in [-0.25, -0.2) is 8.78 Å². The largest absolute Gasteiger partial charge is 0.204 e. The molecule has 0 saturated carbocycles. The summed E-state index contributed by atoms with van der Waals surface area (Å²) in [4.78, 5) is 0. The number of alkyl halides is 1. The lowest BCUT2D eigenvalue weighted by Gasteiger charge is -2.07. The minimum atomic E-state index is -0.777. The van der Waals surface area contributed by atoms with Crippen molar-refractivity contribution >= 4 is 11.6 Å². The topological polar surface area (TPSA) is 0 Å². The van der Waals surface area contributed by atoms with Crippen LogP contribution in [0.5, 0.6) is 0 Å². The summed E-state index contributed by atoms with van der Waals surface area (Å²) in [5, 5.41) is 0. The van der Waals surface area contributed by atoms with E-state index in [2.05, 4.69) is 0 Å². The Labute approximate surface area is 87.9 Å². The van der Waals surface area contributed by atoms with Crippen LogP contribution in [0.15, 0.2) is 18.2 Å². The average Bonchev–Trinajstić information content (AvgIpc) is 2.20. The van der Waals surface area contributed by atoms with E-state index in [-0.39, 0.29) is 0 Å². The van der Waals surface area contributed by atoms with E-state index in [4.69, 9.17) is 11.6 Å². The molecule has 0 aliphatic carbocycles. The van der Waals surface area contributed by atoms with Crippen LogP contribution >= 0.6 is 11.6 Å². The maximum absolute atomic E-state index is 13.1. The van der Waals surface area contributed by atoms with Gasteiger partial charge in [0.25, 0.3) is 0 Å². The highest BCUT2D eigenvalue weighted by Gasteiger charge is 2.08. The number of aryl methyl sites for hydroxylation is 1. The summed E-state index contributed by atoms with van der Waals surface area (Å²) < 4.78 is 25.9. The third-order valence-corrected chi connectivity index (χ3v) is 2.73. The lowest BCUT2D eigenvalue weighted by atomic mass is 10.0. The van der Waals surface area contributed by atoms with Gasteiger partial charge in [-0.1, -0.05) is 19.1 Å². The van der Waals surface area contributed by atoms with Crippen molar-refractivity contribution in [3.8, 4) is 0 Å². The van der Waals surface area contributed by atoms with Crippen molar-refractivity contribution in [3.05, 3.63) is 35.4 Å². The minimum Gasteiger partial charge on any atom is -0.204 e. The first-order valence-corrected chi connectivity index (χ1v) is 5.17. The van der Waals surface area contributed by atoms with Crippen molar-refractivity contribution < 1.29 is 8.78 Å². The second-order valence-electron chi connectivity index (χ2n) is 3.51. The Bertz CT molecular complexity index is 299. The summed E-state index contributed by atoms with van der Waals surface area (Å²) in [6, 6.07) is 4.27. The molecule has 0 amide bonds. The molecule has 14 heavy (non-hydrogen) atoms. The van der Waals surface area contributed by atoms with Crippen LogP contribution in [0.3, 0.4) is 0 Å². The number of halogens is 3. The highest BCUT2D eigenvalue weighted by molar-refractivity contribution is 6.18. The molecule has 0 heterocycles. The molecule has 0 fully saturated rings. The SMILES string of the molecule is CC(CCl)CCc1cccc(F)c1F. The van der Waals surface area contributed by atoms with Crippen molar-refractivity contribution in [1.29, 1.82) is 0 Å². The quantitative estimate of drug-likeness (QED) is 0.675. The van der Waals surface area contributed by atoms with E-state index in [1.54, 1.807) is 6.07 Å². The number of hydrogen-bond donors (Lipinski definition) is 0. The smallest absolute Gasteiger partial charge is 0.162 e. The molecule has 0 aliphatic heterocycles. The van der Waals surface area contributed by atoms with Crippen LogP contribution in [-0.4, -0.2) is 5.88 Å². The molecule has 0 aromatic heterocycles. The summed E-state index contributed by atoms with van der Waals surface area (Å²) in [6.45, 7) is 1.99. The van der Waals surface area contributed by atoms with Gasteiger partial charge in [-0.15, -0.1) is 11.6 Å². The second-order valence-corrected chi connectivity index (χ2v) is 3.82. The summed E-state index contributed by atoms with van der Waals surface area (Å²) >= 11 is 5.62. The Morgan fingerprint density at radius 2 is 2.07 bits per heavy atom. The molecular weight excluding hydrogens is 206 g/mol. The first-order valence-electron chi connectivity index (χ1n) is 4.64. The minimum absolute atomic E-state index is 0.333. The van der Waals surface area contributed by atoms with Crippen LogP contribution in [0.25, 0.3) is 0 Å². The van der Waals surface area contributed by atoms with Gasteiger partial charge in [-0.2, -0.15) is 0 Å². The highest BCUT2D eigenvalue weighted by Crippen LogP contribution is 2.16. The highest BCUT2D eigenvalue weighted by atomic mass is 35.5. The average molecular weight is 219 g/mol. The Morgan fingerprint density at radius 1 is 1.36 bits per heavy atom. The van der Waals surface area contributed by atoms with Crippen LogP contribution in [0.1, 0.15) is 18.9 Å². The van der Waals surface area contributed by atoms with E-state index in [9.17, 15) is 8.78 Å². The van der Waals surface area contributed by atoms with E-state index in [1.807, 2.05) is 6.92 Å². The molecule has 1 rings (SSSR count). The predicted octanol–water partition coefficient (Wildman–Crippen LogP) is 3.77. The third kappa shape index (κ3) is 2.95. The van der Waals surface area contributed by atoms with Gasteiger partial charge in [0.05, 0.1) is 0 Å². The molecule has 1 aromatic rings. The maximum Gasteiger partial charge on any atom is 0.162 e. The molecule has 3 heteroatoms. The monoisotopic (exact) mass is 218 g/mol. The van der Waals surface area contributed by atoms with Gasteiger partial charge >= 0.3 is 0 Å². The van der Waals surface area contributed by atoms with Crippen molar-refractivity contribution in [3.63, 3.8) is 0 Å².